The van der Waals surface area contributed by atoms with Crippen molar-refractivity contribution in [3.8, 4) is 0 Å². The molecule has 0 spiro atoms. The lowest BCUT2D eigenvalue weighted by molar-refractivity contribution is -0.144. The van der Waals surface area contributed by atoms with Crippen LogP contribution < -0.4 is 10.0 Å². The van der Waals surface area contributed by atoms with Gasteiger partial charge in [0.15, 0.2) is 0 Å². The zero-order chi connectivity index (χ0) is 25.3. The SMILES string of the molecule is COC(=O)CN(CC(=O)OC)C(=O)c1ccc(CNS(=O)(=O)c2ccc(NC(C)=O)cc2)cc1. The summed E-state index contributed by atoms with van der Waals surface area (Å²) >= 11 is 0. The number of hydrogen-bond acceptors (Lipinski definition) is 8. The molecule has 182 valence electrons. The van der Waals surface area contributed by atoms with Gasteiger partial charge in [0.05, 0.1) is 19.1 Å². The van der Waals surface area contributed by atoms with Gasteiger partial charge in [-0.05, 0) is 42.0 Å². The van der Waals surface area contributed by atoms with Crippen LogP contribution in [-0.4, -0.2) is 64.4 Å². The normalized spacial score (nSPS) is 10.8. The molecular weight excluding hydrogens is 466 g/mol. The minimum atomic E-state index is -3.82. The molecule has 2 aromatic carbocycles. The lowest BCUT2D eigenvalue weighted by Crippen LogP contribution is -2.40. The first kappa shape index (κ1) is 26.5. The van der Waals surface area contributed by atoms with E-state index < -0.39 is 41.0 Å². The topological polar surface area (TPSA) is 148 Å². The summed E-state index contributed by atoms with van der Waals surface area (Å²) in [6.07, 6.45) is 0. The molecule has 0 saturated heterocycles. The third-order valence-electron chi connectivity index (χ3n) is 4.53. The van der Waals surface area contributed by atoms with Crippen molar-refractivity contribution in [1.82, 2.24) is 9.62 Å². The molecule has 0 radical (unpaired) electrons. The third kappa shape index (κ3) is 7.67. The molecular formula is C22H25N3O8S. The molecule has 2 rings (SSSR count). The molecule has 0 atom stereocenters. The molecule has 0 aliphatic heterocycles. The Bertz CT molecular complexity index is 1130. The van der Waals surface area contributed by atoms with Crippen molar-refractivity contribution in [2.45, 2.75) is 18.4 Å². The van der Waals surface area contributed by atoms with E-state index in [-0.39, 0.29) is 22.9 Å². The van der Waals surface area contributed by atoms with Gasteiger partial charge in [-0.3, -0.25) is 19.2 Å². The highest BCUT2D eigenvalue weighted by molar-refractivity contribution is 7.89. The summed E-state index contributed by atoms with van der Waals surface area (Å²) in [6.45, 7) is 0.429. The van der Waals surface area contributed by atoms with Crippen LogP contribution in [0.5, 0.6) is 0 Å². The summed E-state index contributed by atoms with van der Waals surface area (Å²) in [6, 6.07) is 11.7. The minimum Gasteiger partial charge on any atom is -0.468 e. The highest BCUT2D eigenvalue weighted by atomic mass is 32.2. The number of anilines is 1. The second-order valence-corrected chi connectivity index (χ2v) is 8.81. The van der Waals surface area contributed by atoms with Gasteiger partial charge in [0.2, 0.25) is 15.9 Å². The number of hydrogen-bond donors (Lipinski definition) is 2. The number of carbonyl (C=O) groups is 4. The molecule has 0 aromatic heterocycles. The smallest absolute Gasteiger partial charge is 0.325 e. The maximum absolute atomic E-state index is 12.7. The Morgan fingerprint density at radius 1 is 0.853 bits per heavy atom. The molecule has 0 aliphatic carbocycles. The minimum absolute atomic E-state index is 0.0228. The van der Waals surface area contributed by atoms with Crippen molar-refractivity contribution >= 4 is 39.5 Å². The van der Waals surface area contributed by atoms with E-state index in [1.54, 1.807) is 12.1 Å². The average molecular weight is 492 g/mol. The Balaban J connectivity index is 2.06. The highest BCUT2D eigenvalue weighted by Gasteiger charge is 2.22. The first-order valence-corrected chi connectivity index (χ1v) is 11.4. The standard InChI is InChI=1S/C22H25N3O8S/c1-15(26)24-18-8-10-19(11-9-18)34(30,31)23-12-16-4-6-17(7-5-16)22(29)25(13-20(27)32-2)14-21(28)33-3/h4-11,23H,12-14H2,1-3H3,(H,24,26). The van der Waals surface area contributed by atoms with Gasteiger partial charge >= 0.3 is 11.9 Å². The zero-order valence-corrected chi connectivity index (χ0v) is 19.7. The van der Waals surface area contributed by atoms with E-state index in [0.29, 0.717) is 11.3 Å². The van der Waals surface area contributed by atoms with Crippen LogP contribution in [0, 0.1) is 0 Å². The predicted molar refractivity (Wildman–Crippen MR) is 121 cm³/mol. The van der Waals surface area contributed by atoms with Crippen LogP contribution in [0.4, 0.5) is 5.69 Å². The van der Waals surface area contributed by atoms with Gasteiger partial charge < -0.3 is 19.7 Å². The number of nitrogens with one attached hydrogen (secondary N) is 2. The predicted octanol–water partition coefficient (Wildman–Crippen LogP) is 0.912. The van der Waals surface area contributed by atoms with Gasteiger partial charge in [-0.1, -0.05) is 12.1 Å². The summed E-state index contributed by atoms with van der Waals surface area (Å²) in [4.78, 5) is 48.0. The third-order valence-corrected chi connectivity index (χ3v) is 5.95. The second kappa shape index (κ2) is 11.9. The molecule has 0 heterocycles. The number of ether oxygens (including phenoxy) is 2. The fraction of sp³-hybridized carbons (Fsp3) is 0.273. The summed E-state index contributed by atoms with van der Waals surface area (Å²) in [5.74, 6) is -2.27. The van der Waals surface area contributed by atoms with Crippen molar-refractivity contribution in [1.29, 1.82) is 0 Å². The fourth-order valence-electron chi connectivity index (χ4n) is 2.77. The Morgan fingerprint density at radius 2 is 1.38 bits per heavy atom. The van der Waals surface area contributed by atoms with E-state index in [2.05, 4.69) is 19.5 Å². The average Bonchev–Trinajstić information content (AvgIpc) is 2.82. The number of nitrogens with zero attached hydrogens (tertiary/aromatic N) is 1. The quantitative estimate of drug-likeness (QED) is 0.466. The van der Waals surface area contributed by atoms with E-state index in [1.165, 1.54) is 43.3 Å². The first-order chi connectivity index (χ1) is 16.1. The molecule has 34 heavy (non-hydrogen) atoms. The monoisotopic (exact) mass is 491 g/mol. The Hall–Kier alpha value is -3.77. The van der Waals surface area contributed by atoms with Gasteiger partial charge in [0, 0.05) is 24.7 Å². The number of rotatable bonds is 10. The highest BCUT2D eigenvalue weighted by Crippen LogP contribution is 2.15. The lowest BCUT2D eigenvalue weighted by Gasteiger charge is -2.20. The van der Waals surface area contributed by atoms with E-state index in [4.69, 9.17) is 0 Å². The Labute approximate surface area is 197 Å². The van der Waals surface area contributed by atoms with Crippen molar-refractivity contribution in [3.63, 3.8) is 0 Å². The van der Waals surface area contributed by atoms with Gasteiger partial charge in [0.1, 0.15) is 13.1 Å². The maximum Gasteiger partial charge on any atom is 0.325 e. The van der Waals surface area contributed by atoms with Crippen molar-refractivity contribution < 1.29 is 37.1 Å². The number of esters is 2. The van der Waals surface area contributed by atoms with Crippen LogP contribution in [0.3, 0.4) is 0 Å². The number of carbonyl (C=O) groups excluding carboxylic acids is 4. The Kier molecular flexibility index (Phi) is 9.27. The van der Waals surface area contributed by atoms with Gasteiger partial charge in [0.25, 0.3) is 5.91 Å². The van der Waals surface area contributed by atoms with E-state index >= 15 is 0 Å². The fourth-order valence-corrected chi connectivity index (χ4v) is 3.79. The summed E-state index contributed by atoms with van der Waals surface area (Å²) in [5, 5.41) is 2.55. The molecule has 2 amide bonds. The van der Waals surface area contributed by atoms with Crippen molar-refractivity contribution in [2.75, 3.05) is 32.6 Å². The molecule has 2 N–H and O–H groups in total. The number of benzene rings is 2. The van der Waals surface area contributed by atoms with Crippen LogP contribution in [0.15, 0.2) is 53.4 Å². The number of sulfonamides is 1. The second-order valence-electron chi connectivity index (χ2n) is 7.04. The molecule has 12 heteroatoms. The van der Waals surface area contributed by atoms with E-state index in [0.717, 1.165) is 19.1 Å². The van der Waals surface area contributed by atoms with Gasteiger partial charge in [-0.25, -0.2) is 13.1 Å². The maximum atomic E-state index is 12.7. The van der Waals surface area contributed by atoms with Crippen LogP contribution in [0.1, 0.15) is 22.8 Å². The van der Waals surface area contributed by atoms with Crippen molar-refractivity contribution in [2.24, 2.45) is 0 Å². The molecule has 0 aliphatic rings. The largest absolute Gasteiger partial charge is 0.468 e. The van der Waals surface area contributed by atoms with Crippen LogP contribution in [-0.2, 0) is 40.4 Å². The summed E-state index contributed by atoms with van der Waals surface area (Å²) in [5.41, 5.74) is 1.23. The molecule has 0 fully saturated rings. The summed E-state index contributed by atoms with van der Waals surface area (Å²) in [7, 11) is -1.49. The molecule has 0 unspecified atom stereocenters. The number of amides is 2. The first-order valence-electron chi connectivity index (χ1n) is 9.95. The van der Waals surface area contributed by atoms with Gasteiger partial charge in [-0.15, -0.1) is 0 Å². The number of methoxy groups -OCH3 is 2. The Morgan fingerprint density at radius 3 is 1.85 bits per heavy atom. The van der Waals surface area contributed by atoms with Crippen molar-refractivity contribution in [3.05, 3.63) is 59.7 Å². The molecule has 0 saturated carbocycles. The zero-order valence-electron chi connectivity index (χ0n) is 18.9. The van der Waals surface area contributed by atoms with Crippen LogP contribution in [0.2, 0.25) is 0 Å². The van der Waals surface area contributed by atoms with E-state index in [1.807, 2.05) is 0 Å². The van der Waals surface area contributed by atoms with Crippen LogP contribution in [0.25, 0.3) is 0 Å². The van der Waals surface area contributed by atoms with Gasteiger partial charge in [-0.2, -0.15) is 0 Å². The van der Waals surface area contributed by atoms with Crippen LogP contribution >= 0.6 is 0 Å². The lowest BCUT2D eigenvalue weighted by atomic mass is 10.1. The van der Waals surface area contributed by atoms with E-state index in [9.17, 15) is 27.6 Å². The molecule has 2 aromatic rings. The molecule has 11 nitrogen and oxygen atoms in total. The molecule has 0 bridgehead atoms. The summed E-state index contributed by atoms with van der Waals surface area (Å²) < 4.78 is 36.6.